The van der Waals surface area contributed by atoms with Gasteiger partial charge in [0, 0.05) is 25.7 Å². The fraction of sp³-hybridized carbons (Fsp3) is 0.647. The minimum Gasteiger partial charge on any atom is -0.462 e. The van der Waals surface area contributed by atoms with Crippen molar-refractivity contribution in [1.82, 2.24) is 0 Å². The molecule has 0 aromatic heterocycles. The molecule has 0 aliphatic rings. The van der Waals surface area contributed by atoms with E-state index in [2.05, 4.69) is 161 Å². The Morgan fingerprint density at radius 2 is 0.510 bits per heavy atom. The zero-order valence-corrected chi connectivity index (χ0v) is 66.4. The number of aliphatic hydroxyl groups excluding tert-OH is 1. The van der Waals surface area contributed by atoms with Gasteiger partial charge >= 0.3 is 39.5 Å². The molecule has 0 spiro atoms. The number of hydrogen-bond donors (Lipinski definition) is 3. The van der Waals surface area contributed by atoms with E-state index in [1.165, 1.54) is 57.8 Å². The fourth-order valence-electron chi connectivity index (χ4n) is 9.96. The van der Waals surface area contributed by atoms with Crippen molar-refractivity contribution in [1.29, 1.82) is 0 Å². The number of unbranched alkanes of at least 4 members (excludes halogenated alkanes) is 21. The molecule has 5 atom stereocenters. The molecular weight excluding hydrogens is 1350 g/mol. The topological polar surface area (TPSA) is 237 Å². The first kappa shape index (κ1) is 98.7. The molecule has 0 fully saturated rings. The largest absolute Gasteiger partial charge is 0.472 e. The lowest BCUT2D eigenvalue weighted by Gasteiger charge is -2.21. The van der Waals surface area contributed by atoms with E-state index in [1.807, 2.05) is 24.3 Å². The van der Waals surface area contributed by atoms with Gasteiger partial charge < -0.3 is 33.8 Å². The summed E-state index contributed by atoms with van der Waals surface area (Å²) in [5.41, 5.74) is 0. The van der Waals surface area contributed by atoms with Gasteiger partial charge in [-0.15, -0.1) is 0 Å². The van der Waals surface area contributed by atoms with Gasteiger partial charge in [-0.05, 0) is 161 Å². The highest BCUT2D eigenvalue weighted by molar-refractivity contribution is 7.47. The zero-order chi connectivity index (χ0) is 76.0. The maximum Gasteiger partial charge on any atom is 0.472 e. The lowest BCUT2D eigenvalue weighted by atomic mass is 10.1. The zero-order valence-electron chi connectivity index (χ0n) is 64.6. The molecule has 0 aromatic carbocycles. The van der Waals surface area contributed by atoms with Gasteiger partial charge in [-0.25, -0.2) is 9.13 Å². The Morgan fingerprint density at radius 1 is 0.279 bits per heavy atom. The summed E-state index contributed by atoms with van der Waals surface area (Å²) < 4.78 is 68.5. The van der Waals surface area contributed by atoms with Crippen LogP contribution < -0.4 is 0 Å². The number of rotatable bonds is 73. The van der Waals surface area contributed by atoms with E-state index in [0.29, 0.717) is 38.5 Å². The number of phosphoric ester groups is 2. The van der Waals surface area contributed by atoms with E-state index in [0.717, 1.165) is 148 Å². The maximum atomic E-state index is 13.1. The van der Waals surface area contributed by atoms with Crippen molar-refractivity contribution in [3.63, 3.8) is 0 Å². The van der Waals surface area contributed by atoms with Gasteiger partial charge in [-0.3, -0.25) is 37.3 Å². The van der Waals surface area contributed by atoms with Gasteiger partial charge in [-0.2, -0.15) is 0 Å². The van der Waals surface area contributed by atoms with Crippen LogP contribution in [0.4, 0.5) is 0 Å². The van der Waals surface area contributed by atoms with E-state index in [1.54, 1.807) is 0 Å². The Labute approximate surface area is 629 Å². The average molecular weight is 1500 g/mol. The van der Waals surface area contributed by atoms with Gasteiger partial charge in [-0.1, -0.05) is 269 Å². The van der Waals surface area contributed by atoms with Crippen molar-refractivity contribution in [2.24, 2.45) is 0 Å². The van der Waals surface area contributed by atoms with Crippen LogP contribution in [0.3, 0.4) is 0 Å². The number of allylic oxidation sites excluding steroid dienone is 26. The summed E-state index contributed by atoms with van der Waals surface area (Å²) in [6, 6.07) is 0. The van der Waals surface area contributed by atoms with E-state index in [-0.39, 0.29) is 25.7 Å². The molecule has 3 N–H and O–H groups in total. The van der Waals surface area contributed by atoms with Crippen molar-refractivity contribution in [2.45, 2.75) is 316 Å². The number of hydrogen-bond acceptors (Lipinski definition) is 15. The third-order valence-corrected chi connectivity index (χ3v) is 17.9. The molecule has 5 unspecified atom stereocenters. The van der Waals surface area contributed by atoms with Gasteiger partial charge in [0.2, 0.25) is 0 Å². The van der Waals surface area contributed by atoms with Gasteiger partial charge in [0.05, 0.1) is 26.4 Å². The highest BCUT2D eigenvalue weighted by atomic mass is 31.2. The van der Waals surface area contributed by atoms with Crippen LogP contribution in [0, 0.1) is 0 Å². The Bertz CT molecular complexity index is 2590. The molecule has 0 aliphatic heterocycles. The molecule has 0 saturated heterocycles. The minimum atomic E-state index is -5.01. The fourth-order valence-corrected chi connectivity index (χ4v) is 11.5. The molecular formula is C85H140O17P2. The third kappa shape index (κ3) is 74.9. The summed E-state index contributed by atoms with van der Waals surface area (Å²) in [6.07, 6.45) is 88.1. The van der Waals surface area contributed by atoms with Crippen molar-refractivity contribution in [2.75, 3.05) is 39.6 Å². The van der Waals surface area contributed by atoms with Crippen LogP contribution in [0.15, 0.2) is 158 Å². The second-order valence-corrected chi connectivity index (χ2v) is 28.8. The molecule has 0 radical (unpaired) electrons. The van der Waals surface area contributed by atoms with Crippen LogP contribution >= 0.6 is 15.6 Å². The first-order valence-corrected chi connectivity index (χ1v) is 42.7. The minimum absolute atomic E-state index is 0.00148. The summed E-state index contributed by atoms with van der Waals surface area (Å²) >= 11 is 0. The molecule has 0 bridgehead atoms. The van der Waals surface area contributed by atoms with Crippen molar-refractivity contribution in [3.8, 4) is 0 Å². The monoisotopic (exact) mass is 1490 g/mol. The van der Waals surface area contributed by atoms with Crippen LogP contribution in [0.25, 0.3) is 0 Å². The molecule has 592 valence electrons. The first-order valence-electron chi connectivity index (χ1n) is 39.7. The van der Waals surface area contributed by atoms with Crippen molar-refractivity contribution < 1.29 is 80.2 Å². The molecule has 17 nitrogen and oxygen atoms in total. The van der Waals surface area contributed by atoms with Crippen LogP contribution in [0.5, 0.6) is 0 Å². The van der Waals surface area contributed by atoms with E-state index in [9.17, 15) is 43.2 Å². The van der Waals surface area contributed by atoms with E-state index in [4.69, 9.17) is 37.0 Å². The Morgan fingerprint density at radius 3 is 0.846 bits per heavy atom. The van der Waals surface area contributed by atoms with Crippen LogP contribution in [-0.2, 0) is 65.4 Å². The summed E-state index contributed by atoms with van der Waals surface area (Å²) in [7, 11) is -10.0. The SMILES string of the molecule is CC/C=C\C/C=C\C/C=C\C/C=C\C/C=C\CCCC(=O)OCC(COP(=O)(O)OCC(O)COP(=O)(O)OCC(COC(=O)CCCCCCC/C=C\C/C=C\CCCCC)OC(=O)CCCCCCC/C=C\CCCCCCCC)OC(=O)CCC/C=C\C/C=C\C/C=C\C/C=C\C/C=C\CC. The second-order valence-electron chi connectivity index (χ2n) is 25.9. The lowest BCUT2D eigenvalue weighted by Crippen LogP contribution is -2.30. The summed E-state index contributed by atoms with van der Waals surface area (Å²) in [6.45, 7) is 4.45. The van der Waals surface area contributed by atoms with Crippen molar-refractivity contribution >= 4 is 39.5 Å². The van der Waals surface area contributed by atoms with E-state index >= 15 is 0 Å². The third-order valence-electron chi connectivity index (χ3n) is 16.0. The number of phosphoric acid groups is 2. The molecule has 0 rings (SSSR count). The molecule has 19 heteroatoms. The second kappa shape index (κ2) is 75.9. The van der Waals surface area contributed by atoms with Crippen LogP contribution in [0.2, 0.25) is 0 Å². The molecule has 0 aliphatic carbocycles. The van der Waals surface area contributed by atoms with Crippen LogP contribution in [-0.4, -0.2) is 96.7 Å². The highest BCUT2D eigenvalue weighted by Crippen LogP contribution is 2.45. The van der Waals surface area contributed by atoms with Gasteiger partial charge in [0.1, 0.15) is 19.3 Å². The molecule has 0 saturated carbocycles. The number of carbonyl (C=O) groups excluding carboxylic acids is 4. The van der Waals surface area contributed by atoms with E-state index < -0.39 is 97.5 Å². The smallest absolute Gasteiger partial charge is 0.462 e. The number of esters is 4. The maximum absolute atomic E-state index is 13.1. The first-order chi connectivity index (χ1) is 50.7. The average Bonchev–Trinajstić information content (AvgIpc) is 0.926. The Kier molecular flexibility index (Phi) is 72.0. The Balaban J connectivity index is 5.50. The summed E-state index contributed by atoms with van der Waals surface area (Å²) in [4.78, 5) is 73.0. The highest BCUT2D eigenvalue weighted by Gasteiger charge is 2.30. The van der Waals surface area contributed by atoms with Gasteiger partial charge in [0.25, 0.3) is 0 Å². The van der Waals surface area contributed by atoms with Gasteiger partial charge in [0.15, 0.2) is 12.2 Å². The molecule has 0 heterocycles. The number of ether oxygens (including phenoxy) is 4. The normalized spacial score (nSPS) is 14.7. The number of aliphatic hydroxyl groups is 1. The Hall–Kier alpha value is -5.32. The quantitative estimate of drug-likeness (QED) is 0.0169. The molecule has 104 heavy (non-hydrogen) atoms. The molecule has 0 amide bonds. The molecule has 0 aromatic rings. The summed E-state index contributed by atoms with van der Waals surface area (Å²) in [5, 5.41) is 10.6. The number of carbonyl (C=O) groups is 4. The van der Waals surface area contributed by atoms with Crippen LogP contribution in [0.1, 0.15) is 297 Å². The summed E-state index contributed by atoms with van der Waals surface area (Å²) in [5.74, 6) is -2.34. The standard InChI is InChI=1S/C85H140O17P2/c1-5-9-13-17-21-25-29-33-37-39-43-46-50-54-58-62-66-70-83(88)96-76-81(102-85(90)72-68-64-60-56-52-48-44-40-38-34-30-26-22-18-14-10-6-2)78-100-104(93,94)98-74-79(86)73-97-103(91,92)99-77-80(101-84(89)71-67-63-59-55-51-47-42-36-32-28-24-20-16-12-8-4)75-95-82(87)69-65-61-57-53-49-45-41-35-31-27-23-19-15-11-7-3/h9-10,13-14,21-23,25-27,33-38,41-44,46,48,54,56,58,60,79-81,86H,5-8,11-12,15-20,24,28-32,39-40,45,47,49-53,55,57,59,61-78H2,1-4H3,(H,91,92)(H,93,94)/b13-9-,14-10-,25-21-,26-22-,27-23-,37-33-,38-34-,41-35-,42-36-,46-43-,48-44-,58-54-,60-56-. The lowest BCUT2D eigenvalue weighted by molar-refractivity contribution is -0.161. The predicted octanol–water partition coefficient (Wildman–Crippen LogP) is 23.2. The van der Waals surface area contributed by atoms with Crippen molar-refractivity contribution in [3.05, 3.63) is 158 Å². The predicted molar refractivity (Wildman–Crippen MR) is 427 cm³/mol.